The molecular weight excluding hydrogens is 251 g/mol. The van der Waals surface area contributed by atoms with Gasteiger partial charge >= 0.3 is 0 Å². The molecule has 0 aliphatic carbocycles. The third-order valence-corrected chi connectivity index (χ3v) is 2.90. The van der Waals surface area contributed by atoms with Gasteiger partial charge in [-0.25, -0.2) is 4.98 Å². The van der Waals surface area contributed by atoms with Gasteiger partial charge in [0.1, 0.15) is 4.60 Å². The molecule has 0 unspecified atom stereocenters. The Morgan fingerprint density at radius 2 is 2.15 bits per heavy atom. The molecule has 1 N–H and O–H groups in total. The summed E-state index contributed by atoms with van der Waals surface area (Å²) < 4.78 is 0.770. The molecule has 13 heavy (non-hydrogen) atoms. The number of rotatable bonds is 0. The summed E-state index contributed by atoms with van der Waals surface area (Å²) in [6, 6.07) is 1.97. The highest BCUT2D eigenvalue weighted by molar-refractivity contribution is 9.10. The molecule has 2 nitrogen and oxygen atoms in total. The summed E-state index contributed by atoms with van der Waals surface area (Å²) in [5.74, 6) is 0. The lowest BCUT2D eigenvalue weighted by Gasteiger charge is -1.95. The quantitative estimate of drug-likeness (QED) is 0.720. The largest absolute Gasteiger partial charge is 0.356 e. The van der Waals surface area contributed by atoms with E-state index in [1.165, 1.54) is 5.56 Å². The van der Waals surface area contributed by atoms with Crippen LogP contribution < -0.4 is 0 Å². The number of H-pyrrole nitrogens is 1. The van der Waals surface area contributed by atoms with Crippen LogP contribution in [-0.2, 0) is 0 Å². The molecule has 2 rings (SSSR count). The third-order valence-electron chi connectivity index (χ3n) is 2.22. The van der Waals surface area contributed by atoms with Crippen LogP contribution in [0.15, 0.2) is 10.7 Å². The molecule has 2 heterocycles. The number of aromatic nitrogens is 2. The van der Waals surface area contributed by atoms with Gasteiger partial charge in [-0.2, -0.15) is 0 Å². The molecule has 0 aliphatic rings. The van der Waals surface area contributed by atoms with Crippen molar-refractivity contribution in [2.24, 2.45) is 0 Å². The fraction of sp³-hybridized carbons (Fsp3) is 0.222. The second-order valence-corrected chi connectivity index (χ2v) is 4.20. The summed E-state index contributed by atoms with van der Waals surface area (Å²) in [4.78, 5) is 7.31. The molecule has 0 saturated heterocycles. The molecule has 2 aromatic heterocycles. The van der Waals surface area contributed by atoms with E-state index in [0.717, 1.165) is 21.2 Å². The second-order valence-electron chi connectivity index (χ2n) is 3.03. The van der Waals surface area contributed by atoms with Crippen LogP contribution >= 0.6 is 27.5 Å². The number of pyridine rings is 1. The highest BCUT2D eigenvalue weighted by atomic mass is 79.9. The predicted molar refractivity (Wildman–Crippen MR) is 58.3 cm³/mol. The maximum atomic E-state index is 5.98. The van der Waals surface area contributed by atoms with E-state index in [4.69, 9.17) is 11.6 Å². The summed E-state index contributed by atoms with van der Waals surface area (Å²) in [6.07, 6.45) is 0. The van der Waals surface area contributed by atoms with E-state index in [1.807, 2.05) is 13.0 Å². The van der Waals surface area contributed by atoms with E-state index in [2.05, 4.69) is 32.8 Å². The number of nitrogens with zero attached hydrogens (tertiary/aromatic N) is 1. The average molecular weight is 260 g/mol. The van der Waals surface area contributed by atoms with Crippen LogP contribution in [0.3, 0.4) is 0 Å². The van der Waals surface area contributed by atoms with Gasteiger partial charge in [-0.3, -0.25) is 0 Å². The minimum atomic E-state index is 0.514. The first-order chi connectivity index (χ1) is 6.09. The van der Waals surface area contributed by atoms with Gasteiger partial charge in [0.2, 0.25) is 0 Å². The van der Waals surface area contributed by atoms with Gasteiger partial charge in [0.25, 0.3) is 0 Å². The van der Waals surface area contributed by atoms with Crippen molar-refractivity contribution in [3.8, 4) is 0 Å². The summed E-state index contributed by atoms with van der Waals surface area (Å²) in [5, 5.41) is 1.64. The van der Waals surface area contributed by atoms with Crippen LogP contribution in [0.1, 0.15) is 11.3 Å². The van der Waals surface area contributed by atoms with Crippen LogP contribution in [0.25, 0.3) is 10.9 Å². The van der Waals surface area contributed by atoms with Crippen molar-refractivity contribution in [1.82, 2.24) is 9.97 Å². The molecule has 0 aromatic carbocycles. The molecule has 0 saturated carbocycles. The monoisotopic (exact) mass is 258 g/mol. The number of aryl methyl sites for hydroxylation is 2. The lowest BCUT2D eigenvalue weighted by molar-refractivity contribution is 1.24. The summed E-state index contributed by atoms with van der Waals surface area (Å²) in [6.45, 7) is 4.09. The Kier molecular flexibility index (Phi) is 2.08. The van der Waals surface area contributed by atoms with Crippen LogP contribution in [0, 0.1) is 13.8 Å². The van der Waals surface area contributed by atoms with Gasteiger partial charge in [0.05, 0.1) is 5.52 Å². The van der Waals surface area contributed by atoms with Gasteiger partial charge in [0.15, 0.2) is 5.15 Å². The van der Waals surface area contributed by atoms with Crippen LogP contribution in [0.2, 0.25) is 5.15 Å². The van der Waals surface area contributed by atoms with Crippen molar-refractivity contribution in [2.45, 2.75) is 13.8 Å². The van der Waals surface area contributed by atoms with E-state index < -0.39 is 0 Å². The molecule has 2 aromatic rings. The first-order valence-corrected chi connectivity index (χ1v) is 5.07. The van der Waals surface area contributed by atoms with E-state index in [9.17, 15) is 0 Å². The number of hydrogen-bond donors (Lipinski definition) is 1. The molecule has 68 valence electrons. The molecule has 0 radical (unpaired) electrons. The maximum Gasteiger partial charge on any atom is 0.154 e. The zero-order valence-electron chi connectivity index (χ0n) is 7.28. The standard InChI is InChI=1S/C9H8BrClN2/c1-4-5(2)12-8-6(4)3-7(10)13-9(8)11/h3,12H,1-2H3. The van der Waals surface area contributed by atoms with Gasteiger partial charge in [-0.15, -0.1) is 0 Å². The normalized spacial score (nSPS) is 11.1. The van der Waals surface area contributed by atoms with E-state index in [-0.39, 0.29) is 0 Å². The first kappa shape index (κ1) is 9.03. The summed E-state index contributed by atoms with van der Waals surface area (Å²) in [7, 11) is 0. The van der Waals surface area contributed by atoms with E-state index >= 15 is 0 Å². The average Bonchev–Trinajstić information content (AvgIpc) is 2.32. The molecule has 0 amide bonds. The number of aromatic amines is 1. The van der Waals surface area contributed by atoms with E-state index in [0.29, 0.717) is 5.15 Å². The Balaban J connectivity index is 2.94. The Bertz CT molecular complexity index is 476. The van der Waals surface area contributed by atoms with Crippen molar-refractivity contribution in [2.75, 3.05) is 0 Å². The predicted octanol–water partition coefficient (Wildman–Crippen LogP) is 3.60. The van der Waals surface area contributed by atoms with Crippen LogP contribution in [-0.4, -0.2) is 9.97 Å². The molecule has 0 spiro atoms. The first-order valence-electron chi connectivity index (χ1n) is 3.90. The van der Waals surface area contributed by atoms with Crippen molar-refractivity contribution in [3.63, 3.8) is 0 Å². The van der Waals surface area contributed by atoms with Gasteiger partial charge in [-0.1, -0.05) is 11.6 Å². The Morgan fingerprint density at radius 3 is 2.85 bits per heavy atom. The van der Waals surface area contributed by atoms with Gasteiger partial charge in [0, 0.05) is 11.1 Å². The van der Waals surface area contributed by atoms with Gasteiger partial charge < -0.3 is 4.98 Å². The molecule has 0 fully saturated rings. The van der Waals surface area contributed by atoms with Crippen molar-refractivity contribution in [1.29, 1.82) is 0 Å². The molecular formula is C9H8BrClN2. The Labute approximate surface area is 89.4 Å². The molecule has 0 atom stereocenters. The fourth-order valence-corrected chi connectivity index (χ4v) is 2.13. The smallest absolute Gasteiger partial charge is 0.154 e. The Hall–Kier alpha value is -0.540. The highest BCUT2D eigenvalue weighted by Crippen LogP contribution is 2.28. The maximum absolute atomic E-state index is 5.98. The Morgan fingerprint density at radius 1 is 1.46 bits per heavy atom. The molecule has 4 heteroatoms. The van der Waals surface area contributed by atoms with Crippen molar-refractivity contribution >= 4 is 38.4 Å². The minimum absolute atomic E-state index is 0.514. The highest BCUT2D eigenvalue weighted by Gasteiger charge is 2.08. The SMILES string of the molecule is Cc1[nH]c2c(Cl)nc(Br)cc2c1C. The number of nitrogens with one attached hydrogen (secondary N) is 1. The lowest BCUT2D eigenvalue weighted by Crippen LogP contribution is -1.79. The molecule has 0 aliphatic heterocycles. The topological polar surface area (TPSA) is 28.7 Å². The van der Waals surface area contributed by atoms with Crippen LogP contribution in [0.4, 0.5) is 0 Å². The van der Waals surface area contributed by atoms with Crippen molar-refractivity contribution in [3.05, 3.63) is 27.1 Å². The number of hydrogen-bond acceptors (Lipinski definition) is 1. The van der Waals surface area contributed by atoms with Crippen molar-refractivity contribution < 1.29 is 0 Å². The zero-order valence-corrected chi connectivity index (χ0v) is 9.62. The zero-order chi connectivity index (χ0) is 9.59. The summed E-state index contributed by atoms with van der Waals surface area (Å²) >= 11 is 9.29. The number of halogens is 2. The number of fused-ring (bicyclic) bond motifs is 1. The fourth-order valence-electron chi connectivity index (χ4n) is 1.38. The van der Waals surface area contributed by atoms with Crippen LogP contribution in [0.5, 0.6) is 0 Å². The second kappa shape index (κ2) is 3.00. The molecule has 0 bridgehead atoms. The van der Waals surface area contributed by atoms with Gasteiger partial charge in [-0.05, 0) is 41.4 Å². The summed E-state index contributed by atoms with van der Waals surface area (Å²) in [5.41, 5.74) is 3.27. The van der Waals surface area contributed by atoms with E-state index in [1.54, 1.807) is 0 Å². The minimum Gasteiger partial charge on any atom is -0.356 e. The third kappa shape index (κ3) is 1.36. The lowest BCUT2D eigenvalue weighted by atomic mass is 10.2.